The number of rotatable bonds is 7. The van der Waals surface area contributed by atoms with Crippen molar-refractivity contribution in [1.82, 2.24) is 9.80 Å². The molecule has 1 aromatic rings. The van der Waals surface area contributed by atoms with Crippen LogP contribution in [0.25, 0.3) is 0 Å². The summed E-state index contributed by atoms with van der Waals surface area (Å²) in [5.74, 6) is -1.39. The van der Waals surface area contributed by atoms with Crippen LogP contribution in [0.1, 0.15) is 60.2 Å². The van der Waals surface area contributed by atoms with Crippen LogP contribution in [0.5, 0.6) is 0 Å². The Balaban J connectivity index is 2.21. The molecule has 1 N–H and O–H groups in total. The molecule has 1 fully saturated rings. The fourth-order valence-corrected chi connectivity index (χ4v) is 3.25. The molecule has 6 heteroatoms. The topological polar surface area (TPSA) is 77.9 Å². The summed E-state index contributed by atoms with van der Waals surface area (Å²) in [5, 5.41) is 9.26. The molecule has 1 saturated heterocycles. The molecule has 1 aliphatic heterocycles. The van der Waals surface area contributed by atoms with E-state index in [1.54, 1.807) is 29.2 Å². The number of carboxylic acids is 1. The quantitative estimate of drug-likeness (QED) is 0.823. The maximum atomic E-state index is 12.7. The molecule has 0 aromatic heterocycles. The van der Waals surface area contributed by atoms with Gasteiger partial charge in [-0.25, -0.2) is 4.79 Å². The van der Waals surface area contributed by atoms with Crippen LogP contribution in [0, 0.1) is 0 Å². The number of hydrogen-bond donors (Lipinski definition) is 1. The standard InChI is InChI=1S/C19H26N2O4/c1-3-10-20(11-4-2)17(22)14-7-5-8-15(13-14)18(23)21-12-6-9-16(21)19(24)25/h5,7-8,13,16H,3-4,6,9-12H2,1-2H3,(H,24,25)/t16-/m0/s1. The third-order valence-electron chi connectivity index (χ3n) is 4.43. The third kappa shape index (κ3) is 4.38. The van der Waals surface area contributed by atoms with Crippen molar-refractivity contribution < 1.29 is 19.5 Å². The van der Waals surface area contributed by atoms with E-state index in [2.05, 4.69) is 0 Å². The maximum Gasteiger partial charge on any atom is 0.326 e. The van der Waals surface area contributed by atoms with Gasteiger partial charge >= 0.3 is 5.97 Å². The lowest BCUT2D eigenvalue weighted by Gasteiger charge is -2.23. The van der Waals surface area contributed by atoms with Crippen molar-refractivity contribution in [3.63, 3.8) is 0 Å². The van der Waals surface area contributed by atoms with Gasteiger partial charge in [0.2, 0.25) is 0 Å². The normalized spacial score (nSPS) is 16.7. The summed E-state index contributed by atoms with van der Waals surface area (Å²) in [6.45, 7) is 5.84. The molecule has 25 heavy (non-hydrogen) atoms. The number of carbonyl (C=O) groups excluding carboxylic acids is 2. The summed E-state index contributed by atoms with van der Waals surface area (Å²) in [7, 11) is 0. The first-order valence-electron chi connectivity index (χ1n) is 8.92. The van der Waals surface area contributed by atoms with Crippen LogP contribution in [0.3, 0.4) is 0 Å². The van der Waals surface area contributed by atoms with Gasteiger partial charge in [0.25, 0.3) is 11.8 Å². The fraction of sp³-hybridized carbons (Fsp3) is 0.526. The average Bonchev–Trinajstić information content (AvgIpc) is 3.10. The van der Waals surface area contributed by atoms with Crippen LogP contribution in [-0.2, 0) is 4.79 Å². The lowest BCUT2D eigenvalue weighted by molar-refractivity contribution is -0.141. The number of amides is 2. The summed E-state index contributed by atoms with van der Waals surface area (Å²) in [5.41, 5.74) is 0.839. The highest BCUT2D eigenvalue weighted by atomic mass is 16.4. The van der Waals surface area contributed by atoms with Gasteiger partial charge in [-0.15, -0.1) is 0 Å². The summed E-state index contributed by atoms with van der Waals surface area (Å²) in [6.07, 6.45) is 2.90. The molecule has 136 valence electrons. The molecule has 1 aliphatic rings. The second-order valence-electron chi connectivity index (χ2n) is 6.37. The van der Waals surface area contributed by atoms with Crippen LogP contribution in [0.15, 0.2) is 24.3 Å². The first kappa shape index (κ1) is 19.0. The van der Waals surface area contributed by atoms with E-state index in [1.807, 2.05) is 13.8 Å². The van der Waals surface area contributed by atoms with Crippen molar-refractivity contribution in [2.24, 2.45) is 0 Å². The fourth-order valence-electron chi connectivity index (χ4n) is 3.25. The van der Waals surface area contributed by atoms with E-state index in [0.29, 0.717) is 43.6 Å². The first-order chi connectivity index (χ1) is 12.0. The van der Waals surface area contributed by atoms with Gasteiger partial charge in [-0.2, -0.15) is 0 Å². The SMILES string of the molecule is CCCN(CCC)C(=O)c1cccc(C(=O)N2CCC[C@H]2C(=O)O)c1. The highest BCUT2D eigenvalue weighted by molar-refractivity contribution is 6.01. The molecule has 0 radical (unpaired) electrons. The largest absolute Gasteiger partial charge is 0.480 e. The Kier molecular flexibility index (Phi) is 6.56. The Morgan fingerprint density at radius 1 is 1.16 bits per heavy atom. The smallest absolute Gasteiger partial charge is 0.326 e. The molecule has 6 nitrogen and oxygen atoms in total. The Bertz CT molecular complexity index is 638. The molecule has 1 atom stereocenters. The van der Waals surface area contributed by atoms with Crippen molar-refractivity contribution >= 4 is 17.8 Å². The van der Waals surface area contributed by atoms with Gasteiger partial charge in [-0.3, -0.25) is 9.59 Å². The predicted molar refractivity (Wildman–Crippen MR) is 94.6 cm³/mol. The minimum absolute atomic E-state index is 0.0884. The van der Waals surface area contributed by atoms with E-state index >= 15 is 0 Å². The molecule has 2 amide bonds. The van der Waals surface area contributed by atoms with Crippen LogP contribution in [0.4, 0.5) is 0 Å². The maximum absolute atomic E-state index is 12.7. The average molecular weight is 346 g/mol. The van der Waals surface area contributed by atoms with E-state index in [-0.39, 0.29) is 11.8 Å². The van der Waals surface area contributed by atoms with Gasteiger partial charge < -0.3 is 14.9 Å². The minimum atomic E-state index is -0.977. The first-order valence-corrected chi connectivity index (χ1v) is 8.92. The van der Waals surface area contributed by atoms with E-state index in [9.17, 15) is 19.5 Å². The molecule has 1 heterocycles. The lowest BCUT2D eigenvalue weighted by atomic mass is 10.1. The minimum Gasteiger partial charge on any atom is -0.480 e. The number of likely N-dealkylation sites (tertiary alicyclic amines) is 1. The molecule has 0 bridgehead atoms. The molecule has 0 spiro atoms. The van der Waals surface area contributed by atoms with E-state index in [4.69, 9.17) is 0 Å². The van der Waals surface area contributed by atoms with Crippen LogP contribution >= 0.6 is 0 Å². The predicted octanol–water partition coefficient (Wildman–Crippen LogP) is 2.64. The van der Waals surface area contributed by atoms with Crippen molar-refractivity contribution in [1.29, 1.82) is 0 Å². The summed E-state index contributed by atoms with van der Waals surface area (Å²) >= 11 is 0. The van der Waals surface area contributed by atoms with Crippen molar-refractivity contribution in [2.75, 3.05) is 19.6 Å². The van der Waals surface area contributed by atoms with Crippen molar-refractivity contribution in [3.8, 4) is 0 Å². The highest BCUT2D eigenvalue weighted by Gasteiger charge is 2.34. The number of carboxylic acid groups (broad SMARTS) is 1. The van der Waals surface area contributed by atoms with Crippen molar-refractivity contribution in [3.05, 3.63) is 35.4 Å². The highest BCUT2D eigenvalue weighted by Crippen LogP contribution is 2.21. The Morgan fingerprint density at radius 2 is 1.80 bits per heavy atom. The van der Waals surface area contributed by atoms with E-state index < -0.39 is 12.0 Å². The number of aliphatic carboxylic acids is 1. The van der Waals surface area contributed by atoms with Gasteiger partial charge in [0, 0.05) is 30.8 Å². The van der Waals surface area contributed by atoms with Crippen LogP contribution in [0.2, 0.25) is 0 Å². The second kappa shape index (κ2) is 8.65. The summed E-state index contributed by atoms with van der Waals surface area (Å²) in [6, 6.07) is 5.84. The van der Waals surface area contributed by atoms with Gasteiger partial charge in [0.1, 0.15) is 6.04 Å². The summed E-state index contributed by atoms with van der Waals surface area (Å²) < 4.78 is 0. The van der Waals surface area contributed by atoms with E-state index in [0.717, 1.165) is 12.8 Å². The molecular weight excluding hydrogens is 320 g/mol. The third-order valence-corrected chi connectivity index (χ3v) is 4.43. The molecule has 0 aliphatic carbocycles. The second-order valence-corrected chi connectivity index (χ2v) is 6.37. The van der Waals surface area contributed by atoms with Crippen LogP contribution in [-0.4, -0.2) is 58.4 Å². The lowest BCUT2D eigenvalue weighted by Crippen LogP contribution is -2.40. The number of hydrogen-bond acceptors (Lipinski definition) is 3. The van der Waals surface area contributed by atoms with Gasteiger partial charge in [-0.05, 0) is 43.9 Å². The van der Waals surface area contributed by atoms with Gasteiger partial charge in [-0.1, -0.05) is 19.9 Å². The Labute approximate surface area is 148 Å². The zero-order chi connectivity index (χ0) is 18.4. The molecule has 0 unspecified atom stereocenters. The van der Waals surface area contributed by atoms with Gasteiger partial charge in [0.05, 0.1) is 0 Å². The molecule has 1 aromatic carbocycles. The zero-order valence-corrected chi connectivity index (χ0v) is 14.9. The number of benzene rings is 1. The van der Waals surface area contributed by atoms with Crippen molar-refractivity contribution in [2.45, 2.75) is 45.6 Å². The number of nitrogens with zero attached hydrogens (tertiary/aromatic N) is 2. The monoisotopic (exact) mass is 346 g/mol. The molecular formula is C19H26N2O4. The van der Waals surface area contributed by atoms with E-state index in [1.165, 1.54) is 4.90 Å². The Morgan fingerprint density at radius 3 is 2.40 bits per heavy atom. The van der Waals surface area contributed by atoms with Crippen LogP contribution < -0.4 is 0 Å². The number of carbonyl (C=O) groups is 3. The molecule has 0 saturated carbocycles. The zero-order valence-electron chi connectivity index (χ0n) is 14.9. The summed E-state index contributed by atoms with van der Waals surface area (Å²) in [4.78, 5) is 39.9. The van der Waals surface area contributed by atoms with Gasteiger partial charge in [0.15, 0.2) is 0 Å². The molecule has 2 rings (SSSR count). The Hall–Kier alpha value is -2.37.